The largest absolute Gasteiger partial charge is 0.456 e. The number of hydrogen-bond donors (Lipinski definition) is 4. The molecule has 0 saturated carbocycles. The van der Waals surface area contributed by atoms with E-state index in [4.69, 9.17) is 15.9 Å². The van der Waals surface area contributed by atoms with Crippen molar-refractivity contribution in [1.29, 1.82) is 5.41 Å². The minimum absolute atomic E-state index is 0. The van der Waals surface area contributed by atoms with E-state index in [9.17, 15) is 21.6 Å². The molecular formula is C22H25Cl2N5O6S2. The van der Waals surface area contributed by atoms with Crippen molar-refractivity contribution in [3.05, 3.63) is 78.1 Å². The number of hydrogen-bond acceptors (Lipinski definition) is 8. The number of sulfonamides is 1. The highest BCUT2D eigenvalue weighted by Crippen LogP contribution is 2.30. The van der Waals surface area contributed by atoms with E-state index in [1.54, 1.807) is 31.3 Å². The number of carbonyl (C=O) groups excluding carboxylic acids is 1. The lowest BCUT2D eigenvalue weighted by atomic mass is 10.2. The summed E-state index contributed by atoms with van der Waals surface area (Å²) in [7, 11) is -7.68. The van der Waals surface area contributed by atoms with Crippen molar-refractivity contribution in [3.63, 3.8) is 0 Å². The van der Waals surface area contributed by atoms with Crippen LogP contribution in [0.25, 0.3) is 0 Å². The molecule has 2 aromatic carbocycles. The maximum absolute atomic E-state index is 12.7. The minimum Gasteiger partial charge on any atom is -0.456 e. The molecule has 200 valence electrons. The van der Waals surface area contributed by atoms with Crippen LogP contribution in [0.5, 0.6) is 11.5 Å². The van der Waals surface area contributed by atoms with Gasteiger partial charge in [0, 0.05) is 18.0 Å². The Labute approximate surface area is 227 Å². The van der Waals surface area contributed by atoms with E-state index in [0.29, 0.717) is 5.69 Å². The molecule has 1 unspecified atom stereocenters. The highest BCUT2D eigenvalue weighted by Gasteiger charge is 2.21. The highest BCUT2D eigenvalue weighted by molar-refractivity contribution is 7.90. The Bertz CT molecular complexity index is 1470. The lowest BCUT2D eigenvalue weighted by Crippen LogP contribution is -2.35. The van der Waals surface area contributed by atoms with Gasteiger partial charge in [-0.15, -0.1) is 24.8 Å². The van der Waals surface area contributed by atoms with Crippen LogP contribution in [0.1, 0.15) is 29.0 Å². The van der Waals surface area contributed by atoms with Crippen LogP contribution in [0.4, 0.5) is 0 Å². The summed E-state index contributed by atoms with van der Waals surface area (Å²) in [6.45, 7) is 1.67. The van der Waals surface area contributed by atoms with Crippen LogP contribution in [-0.4, -0.2) is 39.9 Å². The van der Waals surface area contributed by atoms with Gasteiger partial charge < -0.3 is 10.5 Å². The van der Waals surface area contributed by atoms with Crippen LogP contribution in [0, 0.1) is 5.41 Å². The number of pyridine rings is 1. The SMILES string of the molecule is CC(NS(=O)(=O)c1ccc(Oc2ccc(C(=O)NC(=N)N)cc2S(C)(=O)=O)cc1)c1ccccn1.Cl.Cl. The fraction of sp³-hybridized carbons (Fsp3) is 0.136. The van der Waals surface area contributed by atoms with E-state index in [1.807, 2.05) is 0 Å². The molecule has 11 nitrogen and oxygen atoms in total. The summed E-state index contributed by atoms with van der Waals surface area (Å²) in [5.74, 6) is -1.23. The second-order valence-corrected chi connectivity index (χ2v) is 11.2. The number of carbonyl (C=O) groups is 1. The Balaban J connectivity index is 0.00000342. The van der Waals surface area contributed by atoms with Crippen molar-refractivity contribution in [3.8, 4) is 11.5 Å². The zero-order valence-corrected chi connectivity index (χ0v) is 22.8. The number of aromatic nitrogens is 1. The van der Waals surface area contributed by atoms with Crippen molar-refractivity contribution in [2.45, 2.75) is 22.8 Å². The maximum Gasteiger partial charge on any atom is 0.257 e. The highest BCUT2D eigenvalue weighted by atomic mass is 35.5. The molecule has 1 amide bonds. The smallest absolute Gasteiger partial charge is 0.257 e. The molecule has 0 radical (unpaired) electrons. The number of halogens is 2. The van der Waals surface area contributed by atoms with Gasteiger partial charge in [-0.05, 0) is 61.5 Å². The number of rotatable bonds is 8. The van der Waals surface area contributed by atoms with Crippen LogP contribution >= 0.6 is 24.8 Å². The average molecular weight is 591 g/mol. The monoisotopic (exact) mass is 589 g/mol. The molecule has 1 atom stereocenters. The van der Waals surface area contributed by atoms with E-state index in [0.717, 1.165) is 12.3 Å². The molecule has 0 bridgehead atoms. The van der Waals surface area contributed by atoms with Crippen LogP contribution in [0.2, 0.25) is 0 Å². The van der Waals surface area contributed by atoms with Crippen molar-refractivity contribution in [2.75, 3.05) is 6.26 Å². The molecule has 3 aromatic rings. The average Bonchev–Trinajstić information content (AvgIpc) is 2.79. The number of guanidine groups is 1. The summed E-state index contributed by atoms with van der Waals surface area (Å²) in [5.41, 5.74) is 5.66. The number of sulfone groups is 1. The van der Waals surface area contributed by atoms with E-state index in [1.165, 1.54) is 36.4 Å². The van der Waals surface area contributed by atoms with Gasteiger partial charge in [-0.3, -0.25) is 20.5 Å². The molecule has 0 fully saturated rings. The lowest BCUT2D eigenvalue weighted by Gasteiger charge is -2.15. The first-order valence-corrected chi connectivity index (χ1v) is 13.4. The Morgan fingerprint density at radius 1 is 1.03 bits per heavy atom. The summed E-state index contributed by atoms with van der Waals surface area (Å²) in [6, 6.07) is 13.7. The van der Waals surface area contributed by atoms with Crippen molar-refractivity contribution >= 4 is 56.5 Å². The fourth-order valence-corrected chi connectivity index (χ4v) is 5.06. The van der Waals surface area contributed by atoms with E-state index in [-0.39, 0.29) is 51.7 Å². The molecule has 0 aliphatic rings. The van der Waals surface area contributed by atoms with Gasteiger partial charge in [0.25, 0.3) is 5.91 Å². The quantitative estimate of drug-likeness (QED) is 0.228. The normalized spacial score (nSPS) is 11.8. The Kier molecular flexibility index (Phi) is 11.0. The second-order valence-electron chi connectivity index (χ2n) is 7.47. The lowest BCUT2D eigenvalue weighted by molar-refractivity contribution is 0.0976. The molecule has 3 rings (SSSR count). The summed E-state index contributed by atoms with van der Waals surface area (Å²) >= 11 is 0. The third-order valence-electron chi connectivity index (χ3n) is 4.68. The Morgan fingerprint density at radius 2 is 1.68 bits per heavy atom. The third kappa shape index (κ3) is 8.40. The summed E-state index contributed by atoms with van der Waals surface area (Å²) in [4.78, 5) is 15.9. The van der Waals surface area contributed by atoms with Gasteiger partial charge in [0.05, 0.1) is 16.6 Å². The van der Waals surface area contributed by atoms with Gasteiger partial charge in [-0.1, -0.05) is 6.07 Å². The molecule has 0 spiro atoms. The minimum atomic E-state index is -3.87. The Hall–Kier alpha value is -3.23. The molecule has 0 aliphatic heterocycles. The van der Waals surface area contributed by atoms with Gasteiger partial charge >= 0.3 is 0 Å². The van der Waals surface area contributed by atoms with Crippen LogP contribution in [-0.2, 0) is 19.9 Å². The number of benzene rings is 2. The molecule has 0 saturated heterocycles. The third-order valence-corrected chi connectivity index (χ3v) is 7.35. The predicted octanol–water partition coefficient (Wildman–Crippen LogP) is 2.78. The van der Waals surface area contributed by atoms with Gasteiger partial charge in [-0.2, -0.15) is 0 Å². The van der Waals surface area contributed by atoms with Crippen molar-refractivity contribution in [2.24, 2.45) is 5.73 Å². The summed E-state index contributed by atoms with van der Waals surface area (Å²) < 4.78 is 58.2. The fourth-order valence-electron chi connectivity index (χ4n) is 3.02. The summed E-state index contributed by atoms with van der Waals surface area (Å²) in [5, 5.41) is 9.21. The standard InChI is InChI=1S/C22H23N5O6S2.2ClH/c1-14(18-5-3-4-12-25-18)27-35(31,32)17-9-7-16(8-10-17)33-19-11-6-15(21(28)26-22(23)24)13-20(19)34(2,29)30;;/h3-14,27H,1-2H3,(H4,23,24,26,28);2*1H. The zero-order chi connectivity index (χ0) is 25.8. The maximum atomic E-state index is 12.7. The van der Waals surface area contributed by atoms with E-state index in [2.05, 4.69) is 15.0 Å². The first kappa shape index (κ1) is 31.8. The first-order valence-electron chi connectivity index (χ1n) is 10.1. The zero-order valence-electron chi connectivity index (χ0n) is 19.5. The van der Waals surface area contributed by atoms with Crippen LogP contribution in [0.3, 0.4) is 0 Å². The predicted molar refractivity (Wildman–Crippen MR) is 143 cm³/mol. The molecule has 37 heavy (non-hydrogen) atoms. The molecular weight excluding hydrogens is 565 g/mol. The number of nitrogens with two attached hydrogens (primary N) is 1. The van der Waals surface area contributed by atoms with Crippen LogP contribution in [0.15, 0.2) is 76.7 Å². The van der Waals surface area contributed by atoms with Crippen molar-refractivity contribution in [1.82, 2.24) is 15.0 Å². The number of nitrogens with zero attached hydrogens (tertiary/aromatic N) is 1. The number of ether oxygens (including phenoxy) is 1. The molecule has 1 aromatic heterocycles. The molecule has 1 heterocycles. The Morgan fingerprint density at radius 3 is 2.22 bits per heavy atom. The van der Waals surface area contributed by atoms with E-state index >= 15 is 0 Å². The topological polar surface area (TPSA) is 181 Å². The van der Waals surface area contributed by atoms with Gasteiger partial charge in [0.15, 0.2) is 15.8 Å². The number of nitrogens with one attached hydrogen (secondary N) is 3. The second kappa shape index (κ2) is 12.8. The van der Waals surface area contributed by atoms with Crippen molar-refractivity contribution < 1.29 is 26.4 Å². The van der Waals surface area contributed by atoms with Gasteiger partial charge in [0.2, 0.25) is 10.0 Å². The first-order chi connectivity index (χ1) is 16.4. The van der Waals surface area contributed by atoms with Crippen LogP contribution < -0.4 is 20.5 Å². The summed E-state index contributed by atoms with van der Waals surface area (Å²) in [6.07, 6.45) is 2.52. The van der Waals surface area contributed by atoms with Gasteiger partial charge in [0.1, 0.15) is 16.4 Å². The molecule has 5 N–H and O–H groups in total. The number of amides is 1. The van der Waals surface area contributed by atoms with Gasteiger partial charge in [-0.25, -0.2) is 21.6 Å². The molecule has 15 heteroatoms. The van der Waals surface area contributed by atoms with E-state index < -0.39 is 37.8 Å². The molecule has 0 aliphatic carbocycles.